The molecule has 0 saturated heterocycles. The van der Waals surface area contributed by atoms with Gasteiger partial charge in [-0.05, 0) is 107 Å². The molecule has 0 aliphatic carbocycles. The molecule has 0 bridgehead atoms. The van der Waals surface area contributed by atoms with Crippen molar-refractivity contribution in [2.24, 2.45) is 0 Å². The fourth-order valence-electron chi connectivity index (χ4n) is 7.82. The predicted molar refractivity (Wildman–Crippen MR) is 214 cm³/mol. The van der Waals surface area contributed by atoms with Gasteiger partial charge in [0.25, 0.3) is 0 Å². The molecule has 0 radical (unpaired) electrons. The van der Waals surface area contributed by atoms with Gasteiger partial charge in [0, 0.05) is 20.2 Å². The lowest BCUT2D eigenvalue weighted by Crippen LogP contribution is -1.92. The van der Waals surface area contributed by atoms with Crippen molar-refractivity contribution in [1.29, 1.82) is 0 Å². The van der Waals surface area contributed by atoms with Gasteiger partial charge in [-0.15, -0.1) is 11.3 Å². The van der Waals surface area contributed by atoms with E-state index in [1.165, 1.54) is 97.0 Å². The zero-order valence-corrected chi connectivity index (χ0v) is 27.5. The lowest BCUT2D eigenvalue weighted by Gasteiger charge is -2.19. The van der Waals surface area contributed by atoms with Crippen LogP contribution in [0.3, 0.4) is 0 Å². The summed E-state index contributed by atoms with van der Waals surface area (Å²) in [6.45, 7) is 0. The molecule has 0 unspecified atom stereocenters. The van der Waals surface area contributed by atoms with E-state index >= 15 is 0 Å². The van der Waals surface area contributed by atoms with E-state index in [1.54, 1.807) is 0 Å². The van der Waals surface area contributed by atoms with Gasteiger partial charge in [0.1, 0.15) is 0 Å². The van der Waals surface area contributed by atoms with Crippen molar-refractivity contribution in [3.63, 3.8) is 0 Å². The van der Waals surface area contributed by atoms with Crippen LogP contribution in [-0.2, 0) is 0 Å². The Bertz CT molecular complexity index is 2870. The molecule has 0 spiro atoms. The minimum absolute atomic E-state index is 1.23. The largest absolute Gasteiger partial charge is 0.135 e. The molecule has 0 saturated carbocycles. The third kappa shape index (κ3) is 4.58. The van der Waals surface area contributed by atoms with Crippen molar-refractivity contribution in [1.82, 2.24) is 0 Å². The minimum atomic E-state index is 1.23. The summed E-state index contributed by atoms with van der Waals surface area (Å²) in [6, 6.07) is 67.0. The number of fused-ring (bicyclic) bond motifs is 6. The Labute approximate surface area is 289 Å². The Morgan fingerprint density at radius 1 is 0.265 bits per heavy atom. The molecule has 0 amide bonds. The molecule has 0 aliphatic heterocycles. The van der Waals surface area contributed by atoms with Gasteiger partial charge in [-0.3, -0.25) is 0 Å². The first-order valence-electron chi connectivity index (χ1n) is 16.8. The first-order valence-corrected chi connectivity index (χ1v) is 17.7. The standard InChI is InChI=1S/C48H30S/c1-2-13-31(14-3-1)33-17-10-19-35(27-33)48-41-24-7-6-23-40(41)47(43-29-42-39-22-8-9-26-45(39)49-46(42)30-44(43)48)36-20-11-18-34(28-36)38-25-12-16-32-15-4-5-21-37(32)38/h1-30H. The number of hydrogen-bond acceptors (Lipinski definition) is 1. The van der Waals surface area contributed by atoms with Crippen LogP contribution in [0.15, 0.2) is 182 Å². The van der Waals surface area contributed by atoms with Crippen molar-refractivity contribution in [2.75, 3.05) is 0 Å². The number of hydrogen-bond donors (Lipinski definition) is 0. The maximum atomic E-state index is 2.47. The van der Waals surface area contributed by atoms with Crippen LogP contribution < -0.4 is 0 Å². The molecule has 1 aromatic heterocycles. The highest BCUT2D eigenvalue weighted by molar-refractivity contribution is 7.25. The molecular weight excluding hydrogens is 609 g/mol. The van der Waals surface area contributed by atoms with Crippen molar-refractivity contribution in [3.05, 3.63) is 182 Å². The Morgan fingerprint density at radius 2 is 0.796 bits per heavy atom. The molecule has 49 heavy (non-hydrogen) atoms. The van der Waals surface area contributed by atoms with Crippen molar-refractivity contribution >= 4 is 63.8 Å². The average molecular weight is 639 g/mol. The van der Waals surface area contributed by atoms with E-state index in [0.29, 0.717) is 0 Å². The van der Waals surface area contributed by atoms with Crippen LogP contribution in [0.1, 0.15) is 0 Å². The first-order chi connectivity index (χ1) is 24.3. The van der Waals surface area contributed by atoms with E-state index in [-0.39, 0.29) is 0 Å². The van der Waals surface area contributed by atoms with E-state index < -0.39 is 0 Å². The van der Waals surface area contributed by atoms with E-state index in [4.69, 9.17) is 0 Å². The second kappa shape index (κ2) is 11.3. The maximum Gasteiger partial charge on any atom is 0.0362 e. The summed E-state index contributed by atoms with van der Waals surface area (Å²) in [5.74, 6) is 0. The van der Waals surface area contributed by atoms with Crippen LogP contribution in [0, 0.1) is 0 Å². The van der Waals surface area contributed by atoms with Crippen LogP contribution >= 0.6 is 11.3 Å². The number of rotatable bonds is 4. The lowest BCUT2D eigenvalue weighted by atomic mass is 9.84. The van der Waals surface area contributed by atoms with Crippen LogP contribution in [0.5, 0.6) is 0 Å². The second-order valence-corrected chi connectivity index (χ2v) is 13.9. The van der Waals surface area contributed by atoms with Gasteiger partial charge in [0.15, 0.2) is 0 Å². The van der Waals surface area contributed by atoms with Crippen LogP contribution in [0.25, 0.3) is 97.0 Å². The zero-order valence-electron chi connectivity index (χ0n) is 26.7. The molecule has 0 aliphatic rings. The third-order valence-electron chi connectivity index (χ3n) is 10.0. The average Bonchev–Trinajstić information content (AvgIpc) is 3.53. The Hall–Kier alpha value is -6.02. The minimum Gasteiger partial charge on any atom is -0.135 e. The number of benzene rings is 9. The fourth-order valence-corrected chi connectivity index (χ4v) is 8.95. The molecule has 1 heterocycles. The molecule has 0 nitrogen and oxygen atoms in total. The Kier molecular flexibility index (Phi) is 6.47. The molecule has 0 atom stereocenters. The Balaban J connectivity index is 1.31. The van der Waals surface area contributed by atoms with Crippen LogP contribution in [-0.4, -0.2) is 0 Å². The molecule has 1 heteroatoms. The molecule has 228 valence electrons. The molecule has 0 fully saturated rings. The van der Waals surface area contributed by atoms with Gasteiger partial charge in [-0.1, -0.05) is 152 Å². The molecule has 10 aromatic rings. The van der Waals surface area contributed by atoms with E-state index in [9.17, 15) is 0 Å². The summed E-state index contributed by atoms with van der Waals surface area (Å²) in [6.07, 6.45) is 0. The smallest absolute Gasteiger partial charge is 0.0362 e. The van der Waals surface area contributed by atoms with E-state index in [0.717, 1.165) is 0 Å². The Morgan fingerprint density at radius 3 is 1.57 bits per heavy atom. The molecule has 10 rings (SSSR count). The van der Waals surface area contributed by atoms with E-state index in [2.05, 4.69) is 182 Å². The SMILES string of the molecule is c1ccc(-c2cccc(-c3c4ccccc4c(-c4cccc(-c5cccc6ccccc56)c4)c4cc5c(cc34)sc3ccccc35)c2)cc1. The van der Waals surface area contributed by atoms with Gasteiger partial charge >= 0.3 is 0 Å². The molecule has 0 N–H and O–H groups in total. The fraction of sp³-hybridized carbons (Fsp3) is 0. The van der Waals surface area contributed by atoms with Crippen molar-refractivity contribution in [3.8, 4) is 44.5 Å². The summed E-state index contributed by atoms with van der Waals surface area (Å²) >= 11 is 1.89. The highest BCUT2D eigenvalue weighted by atomic mass is 32.1. The highest BCUT2D eigenvalue weighted by Crippen LogP contribution is 2.48. The topological polar surface area (TPSA) is 0 Å². The summed E-state index contributed by atoms with van der Waals surface area (Å²) < 4.78 is 2.64. The lowest BCUT2D eigenvalue weighted by molar-refractivity contribution is 1.61. The third-order valence-corrected chi connectivity index (χ3v) is 11.2. The second-order valence-electron chi connectivity index (χ2n) is 12.8. The molecule has 9 aromatic carbocycles. The predicted octanol–water partition coefficient (Wildman–Crippen LogP) is 14.2. The van der Waals surface area contributed by atoms with Gasteiger partial charge in [-0.2, -0.15) is 0 Å². The van der Waals surface area contributed by atoms with Crippen LogP contribution in [0.4, 0.5) is 0 Å². The normalized spacial score (nSPS) is 11.7. The zero-order chi connectivity index (χ0) is 32.3. The molecular formula is C48H30S. The summed E-state index contributed by atoms with van der Waals surface area (Å²) in [4.78, 5) is 0. The van der Waals surface area contributed by atoms with Gasteiger partial charge in [-0.25, -0.2) is 0 Å². The monoisotopic (exact) mass is 638 g/mol. The summed E-state index contributed by atoms with van der Waals surface area (Å²) in [7, 11) is 0. The quantitative estimate of drug-likeness (QED) is 0.168. The maximum absolute atomic E-state index is 2.47. The first kappa shape index (κ1) is 28.0. The van der Waals surface area contributed by atoms with E-state index in [1.807, 2.05) is 11.3 Å². The van der Waals surface area contributed by atoms with Crippen LogP contribution in [0.2, 0.25) is 0 Å². The van der Waals surface area contributed by atoms with Crippen molar-refractivity contribution < 1.29 is 0 Å². The highest BCUT2D eigenvalue weighted by Gasteiger charge is 2.20. The van der Waals surface area contributed by atoms with Crippen molar-refractivity contribution in [2.45, 2.75) is 0 Å². The number of thiophene rings is 1. The van der Waals surface area contributed by atoms with Gasteiger partial charge in [0.2, 0.25) is 0 Å². The summed E-state index contributed by atoms with van der Waals surface area (Å²) in [5.41, 5.74) is 9.98. The summed E-state index contributed by atoms with van der Waals surface area (Å²) in [5, 5.41) is 10.3. The van der Waals surface area contributed by atoms with Gasteiger partial charge in [0.05, 0.1) is 0 Å². The van der Waals surface area contributed by atoms with Gasteiger partial charge < -0.3 is 0 Å².